The number of carbonyl (C=O) groups excluding carboxylic acids is 2. The number of hydrogen-bond donors (Lipinski definition) is 4. The van der Waals surface area contributed by atoms with E-state index in [1.54, 1.807) is 0 Å². The van der Waals surface area contributed by atoms with E-state index < -0.39 is 0 Å². The Kier molecular flexibility index (Phi) is 10.6. The molecule has 2 amide bonds. The van der Waals surface area contributed by atoms with Gasteiger partial charge in [-0.3, -0.25) is 19.4 Å². The number of pyridine rings is 1. The normalized spacial score (nSPS) is 17.2. The average Bonchev–Trinajstić information content (AvgIpc) is 3.94. The van der Waals surface area contributed by atoms with Crippen LogP contribution in [0.25, 0.3) is 21.9 Å². The molecule has 294 valence electrons. The molecule has 3 aromatic carbocycles. The Balaban J connectivity index is 0.000000148. The van der Waals surface area contributed by atoms with E-state index >= 15 is 0 Å². The monoisotopic (exact) mass is 787 g/mol. The Hall–Kier alpha value is -5.76. The minimum absolute atomic E-state index is 0.0894. The number of piperazine rings is 2. The topological polar surface area (TPSA) is 134 Å². The molecule has 0 saturated carbocycles. The van der Waals surface area contributed by atoms with Gasteiger partial charge in [-0.2, -0.15) is 0 Å². The summed E-state index contributed by atoms with van der Waals surface area (Å²) < 4.78 is 10.9. The SMILES string of the molecule is O=C1COc2ccc(CCN3CCN(c4ccc(Cl)c5[nH]ccc45)CC3)cc2N1.O=C1COc2ccc(CCN3CCN(c4ccnc5[nH]ccc45)CC3)cc2N1. The summed E-state index contributed by atoms with van der Waals surface area (Å²) in [6.45, 7) is 10.4. The number of rotatable bonds is 8. The van der Waals surface area contributed by atoms with E-state index in [9.17, 15) is 9.59 Å². The molecule has 2 fully saturated rings. The first-order valence-electron chi connectivity index (χ1n) is 19.7. The van der Waals surface area contributed by atoms with Crippen molar-refractivity contribution in [1.29, 1.82) is 0 Å². The maximum Gasteiger partial charge on any atom is 0.262 e. The van der Waals surface area contributed by atoms with E-state index in [0.717, 1.165) is 117 Å². The number of halogens is 1. The van der Waals surface area contributed by atoms with Crippen LogP contribution in [0.3, 0.4) is 0 Å². The van der Waals surface area contributed by atoms with Crippen molar-refractivity contribution >= 4 is 68.1 Å². The van der Waals surface area contributed by atoms with Crippen LogP contribution in [0.5, 0.6) is 11.5 Å². The lowest BCUT2D eigenvalue weighted by molar-refractivity contribution is -0.119. The van der Waals surface area contributed by atoms with Gasteiger partial charge >= 0.3 is 0 Å². The van der Waals surface area contributed by atoms with Gasteiger partial charge in [0.25, 0.3) is 11.8 Å². The summed E-state index contributed by atoms with van der Waals surface area (Å²) in [5.41, 5.74) is 8.46. The summed E-state index contributed by atoms with van der Waals surface area (Å²) >= 11 is 6.30. The molecule has 0 bridgehead atoms. The number of H-pyrrole nitrogens is 2. The Morgan fingerprint density at radius 3 is 1.75 bits per heavy atom. The van der Waals surface area contributed by atoms with Crippen molar-refractivity contribution in [3.8, 4) is 11.5 Å². The third-order valence-electron chi connectivity index (χ3n) is 11.3. The molecular formula is C43H46ClN9O4. The Labute approximate surface area is 335 Å². The summed E-state index contributed by atoms with van der Waals surface area (Å²) in [7, 11) is 0. The molecule has 2 saturated heterocycles. The first-order chi connectivity index (χ1) is 27.9. The van der Waals surface area contributed by atoms with E-state index in [-0.39, 0.29) is 25.0 Å². The van der Waals surface area contributed by atoms with E-state index in [1.165, 1.54) is 33.3 Å². The van der Waals surface area contributed by atoms with E-state index in [4.69, 9.17) is 21.1 Å². The van der Waals surface area contributed by atoms with Crippen LogP contribution in [0, 0.1) is 0 Å². The summed E-state index contributed by atoms with van der Waals surface area (Å²) in [6, 6.07) is 22.5. The fourth-order valence-corrected chi connectivity index (χ4v) is 8.39. The highest BCUT2D eigenvalue weighted by Crippen LogP contribution is 2.33. The zero-order valence-electron chi connectivity index (χ0n) is 31.7. The number of carbonyl (C=O) groups is 2. The van der Waals surface area contributed by atoms with Gasteiger partial charge in [0.05, 0.1) is 21.9 Å². The van der Waals surface area contributed by atoms with Crippen LogP contribution >= 0.6 is 11.6 Å². The van der Waals surface area contributed by atoms with E-state index in [0.29, 0.717) is 0 Å². The second-order valence-electron chi connectivity index (χ2n) is 14.9. The van der Waals surface area contributed by atoms with Gasteiger partial charge in [-0.05, 0) is 78.6 Å². The van der Waals surface area contributed by atoms with Gasteiger partial charge in [0.2, 0.25) is 0 Å². The van der Waals surface area contributed by atoms with Gasteiger partial charge in [0.1, 0.15) is 17.1 Å². The third-order valence-corrected chi connectivity index (χ3v) is 11.6. The van der Waals surface area contributed by atoms with Crippen LogP contribution in [0.4, 0.5) is 22.7 Å². The summed E-state index contributed by atoms with van der Waals surface area (Å²) in [4.78, 5) is 43.7. The van der Waals surface area contributed by atoms with Gasteiger partial charge in [-0.25, -0.2) is 4.98 Å². The van der Waals surface area contributed by atoms with Crippen molar-refractivity contribution in [3.63, 3.8) is 0 Å². The van der Waals surface area contributed by atoms with Crippen molar-refractivity contribution in [1.82, 2.24) is 24.8 Å². The van der Waals surface area contributed by atoms with Crippen LogP contribution in [0.2, 0.25) is 5.02 Å². The molecular weight excluding hydrogens is 742 g/mol. The third kappa shape index (κ3) is 8.22. The fraction of sp³-hybridized carbons (Fsp3) is 0.326. The van der Waals surface area contributed by atoms with Crippen molar-refractivity contribution < 1.29 is 19.1 Å². The number of hydrogen-bond acceptors (Lipinski definition) is 9. The van der Waals surface area contributed by atoms with Crippen LogP contribution in [0.15, 0.2) is 85.3 Å². The lowest BCUT2D eigenvalue weighted by atomic mass is 10.1. The zero-order chi connectivity index (χ0) is 38.7. The highest BCUT2D eigenvalue weighted by molar-refractivity contribution is 6.35. The number of fused-ring (bicyclic) bond motifs is 4. The van der Waals surface area contributed by atoms with Gasteiger partial charge < -0.3 is 39.9 Å². The highest BCUT2D eigenvalue weighted by atomic mass is 35.5. The van der Waals surface area contributed by atoms with Gasteiger partial charge in [0.15, 0.2) is 13.2 Å². The Morgan fingerprint density at radius 2 is 1.16 bits per heavy atom. The number of benzene rings is 3. The molecule has 7 heterocycles. The summed E-state index contributed by atoms with van der Waals surface area (Å²) in [5.74, 6) is 1.32. The van der Waals surface area contributed by atoms with Crippen molar-refractivity contribution in [2.24, 2.45) is 0 Å². The molecule has 0 atom stereocenters. The number of nitrogens with zero attached hydrogens (tertiary/aromatic N) is 5. The molecule has 13 nitrogen and oxygen atoms in total. The highest BCUT2D eigenvalue weighted by Gasteiger charge is 2.22. The summed E-state index contributed by atoms with van der Waals surface area (Å²) in [5, 5.41) is 8.90. The summed E-state index contributed by atoms with van der Waals surface area (Å²) in [6.07, 6.45) is 7.68. The molecule has 0 spiro atoms. The van der Waals surface area contributed by atoms with Gasteiger partial charge in [0, 0.05) is 106 Å². The Morgan fingerprint density at radius 1 is 0.614 bits per heavy atom. The van der Waals surface area contributed by atoms with Crippen LogP contribution in [0.1, 0.15) is 11.1 Å². The molecule has 57 heavy (non-hydrogen) atoms. The maximum atomic E-state index is 11.5. The second-order valence-corrected chi connectivity index (χ2v) is 15.3. The van der Waals surface area contributed by atoms with Crippen molar-refractivity contribution in [3.05, 3.63) is 101 Å². The maximum absolute atomic E-state index is 11.5. The Bertz CT molecular complexity index is 2400. The average molecular weight is 788 g/mol. The van der Waals surface area contributed by atoms with Crippen LogP contribution < -0.4 is 29.9 Å². The zero-order valence-corrected chi connectivity index (χ0v) is 32.5. The van der Waals surface area contributed by atoms with E-state index in [1.807, 2.05) is 48.9 Å². The number of ether oxygens (including phenoxy) is 2. The number of anilines is 4. The standard InChI is InChI=1S/C22H23ClN4O2.C21H23N5O2/c23-17-2-3-19(16-5-7-24-22(16)17)27-11-9-26(10-12-27)8-6-15-1-4-20-18(13-15)25-21(28)14-29-20;27-20-14-28-19-2-1-15(13-17(19)24-20)5-8-25-9-11-26(12-10-25)18-4-7-23-21-16(18)3-6-22-21/h1-5,7,13,24H,6,8-12,14H2,(H,25,28);1-4,6-7,13H,5,8-12,14H2,(H,22,23)(H,24,27). The van der Waals surface area contributed by atoms with Crippen molar-refractivity contribution in [2.75, 3.05) is 99.1 Å². The predicted octanol–water partition coefficient (Wildman–Crippen LogP) is 5.78. The smallest absolute Gasteiger partial charge is 0.262 e. The predicted molar refractivity (Wildman–Crippen MR) is 225 cm³/mol. The number of amides is 2. The van der Waals surface area contributed by atoms with Gasteiger partial charge in [-0.15, -0.1) is 0 Å². The molecule has 4 N–H and O–H groups in total. The molecule has 10 rings (SSSR count). The van der Waals surface area contributed by atoms with Crippen LogP contribution in [-0.4, -0.2) is 115 Å². The largest absolute Gasteiger partial charge is 0.482 e. The van der Waals surface area contributed by atoms with Crippen molar-refractivity contribution in [2.45, 2.75) is 12.8 Å². The first-order valence-corrected chi connectivity index (χ1v) is 20.0. The lowest BCUT2D eigenvalue weighted by Crippen LogP contribution is -2.47. The van der Waals surface area contributed by atoms with E-state index in [2.05, 4.69) is 81.6 Å². The molecule has 6 aromatic rings. The number of aromatic amines is 2. The fourth-order valence-electron chi connectivity index (χ4n) is 8.17. The quantitative estimate of drug-likeness (QED) is 0.152. The minimum Gasteiger partial charge on any atom is -0.482 e. The minimum atomic E-state index is -0.0931. The molecule has 0 aliphatic carbocycles. The molecule has 0 unspecified atom stereocenters. The number of nitrogens with one attached hydrogen (secondary N) is 4. The van der Waals surface area contributed by atoms with Gasteiger partial charge in [-0.1, -0.05) is 23.7 Å². The second kappa shape index (κ2) is 16.4. The molecule has 4 aliphatic rings. The molecule has 14 heteroatoms. The lowest BCUT2D eigenvalue weighted by Gasteiger charge is -2.36. The number of aromatic nitrogens is 3. The molecule has 3 aromatic heterocycles. The molecule has 0 radical (unpaired) electrons. The molecule has 4 aliphatic heterocycles. The first kappa shape index (κ1) is 36.9. The van der Waals surface area contributed by atoms with Crippen LogP contribution in [-0.2, 0) is 22.4 Å².